The van der Waals surface area contributed by atoms with Crippen LogP contribution in [0.25, 0.3) is 0 Å². The molecule has 3 nitrogen and oxygen atoms in total. The van der Waals surface area contributed by atoms with Gasteiger partial charge in [0.2, 0.25) is 0 Å². The molecular weight excluding hydrogens is 384 g/mol. The van der Waals surface area contributed by atoms with Gasteiger partial charge in [0, 0.05) is 6.61 Å². The second-order valence-corrected chi connectivity index (χ2v) is 11.2. The van der Waals surface area contributed by atoms with Crippen LogP contribution in [0.15, 0.2) is 0 Å². The molecule has 3 aliphatic carbocycles. The first kappa shape index (κ1) is 25.1. The van der Waals surface area contributed by atoms with Gasteiger partial charge in [-0.1, -0.05) is 58.3 Å². The van der Waals surface area contributed by atoms with Crippen LogP contribution in [0.3, 0.4) is 0 Å². The molecule has 3 heteroatoms. The maximum absolute atomic E-state index is 12.7. The first-order chi connectivity index (χ1) is 15.2. The summed E-state index contributed by atoms with van der Waals surface area (Å²) < 4.78 is 6.01. The lowest BCUT2D eigenvalue weighted by atomic mass is 9.70. The van der Waals surface area contributed by atoms with E-state index in [0.29, 0.717) is 6.61 Å². The summed E-state index contributed by atoms with van der Waals surface area (Å²) in [5.41, 5.74) is 0. The lowest BCUT2D eigenvalue weighted by Gasteiger charge is -2.38. The Morgan fingerprint density at radius 3 is 1.87 bits per heavy atom. The van der Waals surface area contributed by atoms with E-state index in [1.54, 1.807) is 0 Å². The number of aliphatic hydroxyl groups excluding tert-OH is 1. The van der Waals surface area contributed by atoms with E-state index in [4.69, 9.17) is 9.84 Å². The normalized spacial score (nSPS) is 34.4. The van der Waals surface area contributed by atoms with Gasteiger partial charge in [-0.15, -0.1) is 0 Å². The number of aliphatic hydroxyl groups is 1. The van der Waals surface area contributed by atoms with Crippen LogP contribution >= 0.6 is 0 Å². The van der Waals surface area contributed by atoms with Crippen molar-refractivity contribution in [3.8, 4) is 0 Å². The molecule has 0 heterocycles. The predicted octanol–water partition coefficient (Wildman–Crippen LogP) is 7.44. The number of rotatable bonds is 11. The molecule has 0 amide bonds. The zero-order chi connectivity index (χ0) is 21.9. The van der Waals surface area contributed by atoms with Crippen LogP contribution in [-0.2, 0) is 9.53 Å². The molecular formula is C28H50O3. The SMILES string of the molecule is CCCC1CCC(C2CCC(OC(=O)C3CCC(CCCCCCO)CC3)CC2)CC1. The van der Waals surface area contributed by atoms with E-state index in [0.717, 1.165) is 62.2 Å². The quantitative estimate of drug-likeness (QED) is 0.271. The molecule has 3 saturated carbocycles. The van der Waals surface area contributed by atoms with Crippen molar-refractivity contribution in [2.75, 3.05) is 6.61 Å². The number of hydrogen-bond acceptors (Lipinski definition) is 3. The maximum atomic E-state index is 12.7. The molecule has 31 heavy (non-hydrogen) atoms. The van der Waals surface area contributed by atoms with E-state index < -0.39 is 0 Å². The molecule has 0 unspecified atom stereocenters. The monoisotopic (exact) mass is 434 g/mol. The first-order valence-corrected chi connectivity index (χ1v) is 14.0. The van der Waals surface area contributed by atoms with Gasteiger partial charge in [-0.25, -0.2) is 0 Å². The molecule has 0 aliphatic heterocycles. The summed E-state index contributed by atoms with van der Waals surface area (Å²) in [6.07, 6.45) is 24.0. The zero-order valence-corrected chi connectivity index (χ0v) is 20.4. The van der Waals surface area contributed by atoms with Crippen LogP contribution in [0.2, 0.25) is 0 Å². The average molecular weight is 435 g/mol. The van der Waals surface area contributed by atoms with E-state index in [1.807, 2.05) is 0 Å². The van der Waals surface area contributed by atoms with Gasteiger partial charge >= 0.3 is 5.97 Å². The van der Waals surface area contributed by atoms with Crippen molar-refractivity contribution in [3.05, 3.63) is 0 Å². The molecule has 0 spiro atoms. The highest BCUT2D eigenvalue weighted by Gasteiger charge is 2.33. The van der Waals surface area contributed by atoms with Gasteiger partial charge in [0.1, 0.15) is 6.10 Å². The fourth-order valence-electron chi connectivity index (χ4n) is 6.88. The molecule has 180 valence electrons. The summed E-state index contributed by atoms with van der Waals surface area (Å²) in [6.45, 7) is 2.65. The average Bonchev–Trinajstić information content (AvgIpc) is 2.81. The lowest BCUT2D eigenvalue weighted by Crippen LogP contribution is -2.32. The highest BCUT2D eigenvalue weighted by Crippen LogP contribution is 2.42. The molecule has 0 saturated heterocycles. The molecule has 0 aromatic carbocycles. The van der Waals surface area contributed by atoms with Crippen LogP contribution in [0, 0.1) is 29.6 Å². The number of unbranched alkanes of at least 4 members (excludes halogenated alkanes) is 3. The smallest absolute Gasteiger partial charge is 0.309 e. The Kier molecular flexibility index (Phi) is 11.2. The molecule has 0 bridgehead atoms. The Bertz CT molecular complexity index is 480. The first-order valence-electron chi connectivity index (χ1n) is 14.0. The van der Waals surface area contributed by atoms with Crippen LogP contribution in [-0.4, -0.2) is 23.8 Å². The minimum absolute atomic E-state index is 0.116. The molecule has 0 aromatic rings. The third-order valence-electron chi connectivity index (χ3n) is 8.96. The van der Waals surface area contributed by atoms with Gasteiger partial charge < -0.3 is 9.84 Å². The molecule has 1 N–H and O–H groups in total. The van der Waals surface area contributed by atoms with E-state index >= 15 is 0 Å². The van der Waals surface area contributed by atoms with Gasteiger partial charge in [-0.2, -0.15) is 0 Å². The van der Waals surface area contributed by atoms with Crippen molar-refractivity contribution in [1.29, 1.82) is 0 Å². The fraction of sp³-hybridized carbons (Fsp3) is 0.964. The Morgan fingerprint density at radius 2 is 1.26 bits per heavy atom. The van der Waals surface area contributed by atoms with Crippen molar-refractivity contribution in [1.82, 2.24) is 0 Å². The Balaban J connectivity index is 1.27. The van der Waals surface area contributed by atoms with Crippen molar-refractivity contribution < 1.29 is 14.6 Å². The summed E-state index contributed by atoms with van der Waals surface area (Å²) in [5.74, 6) is 3.93. The van der Waals surface area contributed by atoms with Crippen molar-refractivity contribution in [2.45, 2.75) is 135 Å². The Labute approximate surface area is 192 Å². The second kappa shape index (κ2) is 13.9. The third kappa shape index (κ3) is 8.37. The molecule has 3 fully saturated rings. The Hall–Kier alpha value is -0.570. The number of carbonyl (C=O) groups excluding carboxylic acids is 1. The summed E-state index contributed by atoms with van der Waals surface area (Å²) in [4.78, 5) is 12.7. The van der Waals surface area contributed by atoms with E-state index in [-0.39, 0.29) is 18.0 Å². The summed E-state index contributed by atoms with van der Waals surface area (Å²) in [5, 5.41) is 8.87. The molecule has 3 aliphatic rings. The molecule has 3 rings (SSSR count). The van der Waals surface area contributed by atoms with Gasteiger partial charge in [-0.3, -0.25) is 4.79 Å². The Morgan fingerprint density at radius 1 is 0.710 bits per heavy atom. The van der Waals surface area contributed by atoms with Gasteiger partial charge in [0.15, 0.2) is 0 Å². The van der Waals surface area contributed by atoms with E-state index in [9.17, 15) is 4.79 Å². The number of carbonyl (C=O) groups is 1. The van der Waals surface area contributed by atoms with Crippen molar-refractivity contribution >= 4 is 5.97 Å². The number of esters is 1. The number of hydrogen-bond donors (Lipinski definition) is 1. The van der Waals surface area contributed by atoms with E-state index in [1.165, 1.54) is 83.5 Å². The van der Waals surface area contributed by atoms with Crippen molar-refractivity contribution in [3.63, 3.8) is 0 Å². The van der Waals surface area contributed by atoms with Crippen LogP contribution in [0.1, 0.15) is 129 Å². The van der Waals surface area contributed by atoms with Gasteiger partial charge in [0.25, 0.3) is 0 Å². The minimum Gasteiger partial charge on any atom is -0.462 e. The highest BCUT2D eigenvalue weighted by atomic mass is 16.5. The fourth-order valence-corrected chi connectivity index (χ4v) is 6.88. The zero-order valence-electron chi connectivity index (χ0n) is 20.4. The predicted molar refractivity (Wildman–Crippen MR) is 128 cm³/mol. The van der Waals surface area contributed by atoms with Crippen LogP contribution in [0.4, 0.5) is 0 Å². The lowest BCUT2D eigenvalue weighted by molar-refractivity contribution is -0.157. The summed E-state index contributed by atoms with van der Waals surface area (Å²) in [6, 6.07) is 0. The molecule has 0 radical (unpaired) electrons. The second-order valence-electron chi connectivity index (χ2n) is 11.2. The van der Waals surface area contributed by atoms with Gasteiger partial charge in [-0.05, 0) is 94.3 Å². The largest absolute Gasteiger partial charge is 0.462 e. The molecule has 0 atom stereocenters. The summed E-state index contributed by atoms with van der Waals surface area (Å²) >= 11 is 0. The minimum atomic E-state index is 0.116. The third-order valence-corrected chi connectivity index (χ3v) is 8.96. The van der Waals surface area contributed by atoms with Gasteiger partial charge in [0.05, 0.1) is 5.92 Å². The van der Waals surface area contributed by atoms with Crippen LogP contribution < -0.4 is 0 Å². The van der Waals surface area contributed by atoms with E-state index in [2.05, 4.69) is 6.92 Å². The van der Waals surface area contributed by atoms with Crippen molar-refractivity contribution in [2.24, 2.45) is 29.6 Å². The topological polar surface area (TPSA) is 46.5 Å². The van der Waals surface area contributed by atoms with Crippen LogP contribution in [0.5, 0.6) is 0 Å². The highest BCUT2D eigenvalue weighted by molar-refractivity contribution is 5.72. The number of ether oxygens (including phenoxy) is 1. The summed E-state index contributed by atoms with van der Waals surface area (Å²) in [7, 11) is 0. The molecule has 0 aromatic heterocycles. The standard InChI is InChI=1S/C28H50O3/c1-2-7-22-9-13-24(14-10-22)25-17-19-27(20-18-25)31-28(30)26-15-11-23(12-16-26)8-5-3-4-6-21-29/h22-27,29H,2-21H2,1H3. The maximum Gasteiger partial charge on any atom is 0.309 e.